The van der Waals surface area contributed by atoms with Crippen LogP contribution in [0, 0.1) is 13.8 Å². The number of hydrogen-bond donors (Lipinski definition) is 0. The van der Waals surface area contributed by atoms with Crippen molar-refractivity contribution in [3.8, 4) is 0 Å². The van der Waals surface area contributed by atoms with E-state index in [2.05, 4.69) is 21.9 Å². The van der Waals surface area contributed by atoms with Gasteiger partial charge >= 0.3 is 0 Å². The van der Waals surface area contributed by atoms with Crippen molar-refractivity contribution in [1.82, 2.24) is 4.57 Å². The minimum atomic E-state index is -0.0595. The molecule has 3 rings (SSSR count). The van der Waals surface area contributed by atoms with Gasteiger partial charge in [0.1, 0.15) is 0 Å². The van der Waals surface area contributed by atoms with Crippen molar-refractivity contribution in [1.29, 1.82) is 0 Å². The quantitative estimate of drug-likeness (QED) is 0.358. The van der Waals surface area contributed by atoms with Crippen molar-refractivity contribution in [2.45, 2.75) is 20.4 Å². The Morgan fingerprint density at radius 1 is 1.20 bits per heavy atom. The van der Waals surface area contributed by atoms with E-state index in [-0.39, 0.29) is 12.4 Å². The number of nitrogens with zero attached hydrogens (tertiary/aromatic N) is 2. The molecular weight excluding hydrogens is 332 g/mol. The van der Waals surface area contributed by atoms with E-state index >= 15 is 0 Å². The SMILES string of the molecule is Cc1cc(C(=O)CO/N=C/c2cccs2)c(C)n1Cc1ccccc1. The smallest absolute Gasteiger partial charge is 0.204 e. The van der Waals surface area contributed by atoms with Crippen molar-refractivity contribution < 1.29 is 9.63 Å². The highest BCUT2D eigenvalue weighted by atomic mass is 32.1. The molecule has 0 amide bonds. The topological polar surface area (TPSA) is 43.6 Å². The number of aromatic nitrogens is 1. The molecular formula is C20H20N2O2S. The van der Waals surface area contributed by atoms with Crippen LogP contribution in [-0.2, 0) is 11.4 Å². The lowest BCUT2D eigenvalue weighted by Crippen LogP contribution is -2.09. The van der Waals surface area contributed by atoms with Crippen molar-refractivity contribution in [3.05, 3.63) is 81.3 Å². The molecule has 0 aliphatic heterocycles. The van der Waals surface area contributed by atoms with E-state index in [0.29, 0.717) is 5.56 Å². The van der Waals surface area contributed by atoms with E-state index in [0.717, 1.165) is 22.8 Å². The third-order valence-corrected chi connectivity index (χ3v) is 4.86. The summed E-state index contributed by atoms with van der Waals surface area (Å²) in [7, 11) is 0. The number of ketones is 1. The number of carbonyl (C=O) groups excluding carboxylic acids is 1. The van der Waals surface area contributed by atoms with Gasteiger partial charge in [0.2, 0.25) is 5.78 Å². The summed E-state index contributed by atoms with van der Waals surface area (Å²) < 4.78 is 2.15. The molecule has 2 aromatic heterocycles. The Bertz CT molecular complexity index is 865. The second-order valence-corrected chi connectivity index (χ2v) is 6.78. The second-order valence-electron chi connectivity index (χ2n) is 5.80. The average molecular weight is 352 g/mol. The third kappa shape index (κ3) is 4.25. The van der Waals surface area contributed by atoms with Gasteiger partial charge in [-0.3, -0.25) is 4.79 Å². The van der Waals surface area contributed by atoms with Gasteiger partial charge in [0.25, 0.3) is 0 Å². The first-order valence-corrected chi connectivity index (χ1v) is 8.96. The summed E-state index contributed by atoms with van der Waals surface area (Å²) in [4.78, 5) is 18.6. The number of carbonyl (C=O) groups is 1. The Kier molecular flexibility index (Phi) is 5.46. The third-order valence-electron chi connectivity index (χ3n) is 4.05. The zero-order valence-electron chi connectivity index (χ0n) is 14.3. The van der Waals surface area contributed by atoms with Crippen molar-refractivity contribution in [2.24, 2.45) is 5.16 Å². The van der Waals surface area contributed by atoms with Crippen LogP contribution >= 0.6 is 11.3 Å². The van der Waals surface area contributed by atoms with Crippen molar-refractivity contribution in [2.75, 3.05) is 6.61 Å². The Labute approximate surface area is 151 Å². The summed E-state index contributed by atoms with van der Waals surface area (Å²) in [5, 5.41) is 5.83. The molecule has 0 radical (unpaired) electrons. The van der Waals surface area contributed by atoms with Crippen LogP contribution in [0.15, 0.2) is 59.1 Å². The van der Waals surface area contributed by atoms with Gasteiger partial charge in [-0.25, -0.2) is 0 Å². The van der Waals surface area contributed by atoms with Gasteiger partial charge in [0.05, 0.1) is 6.21 Å². The fourth-order valence-electron chi connectivity index (χ4n) is 2.72. The molecule has 25 heavy (non-hydrogen) atoms. The van der Waals surface area contributed by atoms with E-state index in [1.165, 1.54) is 5.56 Å². The first-order valence-electron chi connectivity index (χ1n) is 8.08. The normalized spacial score (nSPS) is 11.1. The molecule has 1 aromatic carbocycles. The standard InChI is InChI=1S/C20H20N2O2S/c1-15-11-19(16(2)22(15)13-17-7-4-3-5-8-17)20(23)14-24-21-12-18-9-6-10-25-18/h3-12H,13-14H2,1-2H3/b21-12+. The minimum absolute atomic E-state index is 0.0580. The van der Waals surface area contributed by atoms with Crippen LogP contribution in [0.2, 0.25) is 0 Å². The van der Waals surface area contributed by atoms with Crippen LogP contribution in [0.5, 0.6) is 0 Å². The van der Waals surface area contributed by atoms with Crippen molar-refractivity contribution >= 4 is 23.3 Å². The maximum Gasteiger partial charge on any atom is 0.204 e. The van der Waals surface area contributed by atoms with Crippen LogP contribution in [-0.4, -0.2) is 23.2 Å². The number of rotatable bonds is 7. The number of Topliss-reactive ketones (excluding diaryl/α,β-unsaturated/α-hetero) is 1. The molecule has 0 atom stereocenters. The average Bonchev–Trinajstić information content (AvgIpc) is 3.23. The molecule has 4 nitrogen and oxygen atoms in total. The van der Waals surface area contributed by atoms with E-state index in [4.69, 9.17) is 4.84 Å². The Balaban J connectivity index is 1.65. The van der Waals surface area contributed by atoms with Crippen LogP contribution < -0.4 is 0 Å². The first kappa shape index (κ1) is 17.2. The van der Waals surface area contributed by atoms with Crippen LogP contribution in [0.25, 0.3) is 0 Å². The summed E-state index contributed by atoms with van der Waals surface area (Å²) in [6.45, 7) is 4.68. The lowest BCUT2D eigenvalue weighted by Gasteiger charge is -2.09. The van der Waals surface area contributed by atoms with Gasteiger partial charge in [0.15, 0.2) is 6.61 Å². The van der Waals surface area contributed by atoms with Gasteiger partial charge in [-0.05, 0) is 36.9 Å². The predicted octanol–water partition coefficient (Wildman–Crippen LogP) is 4.45. The molecule has 0 spiro atoms. The molecule has 0 fully saturated rings. The van der Waals surface area contributed by atoms with E-state index in [1.54, 1.807) is 17.6 Å². The van der Waals surface area contributed by atoms with Gasteiger partial charge in [-0.1, -0.05) is 41.6 Å². The van der Waals surface area contributed by atoms with Gasteiger partial charge in [-0.2, -0.15) is 0 Å². The molecule has 5 heteroatoms. The molecule has 0 saturated carbocycles. The Hall–Kier alpha value is -2.66. The monoisotopic (exact) mass is 352 g/mol. The molecule has 0 N–H and O–H groups in total. The second kappa shape index (κ2) is 7.94. The number of thiophene rings is 1. The maximum atomic E-state index is 12.4. The first-order chi connectivity index (χ1) is 12.1. The van der Waals surface area contributed by atoms with Gasteiger partial charge in [0, 0.05) is 28.4 Å². The molecule has 0 bridgehead atoms. The van der Waals surface area contributed by atoms with Gasteiger partial charge in [-0.15, -0.1) is 11.3 Å². The minimum Gasteiger partial charge on any atom is -0.387 e. The summed E-state index contributed by atoms with van der Waals surface area (Å²) in [5.74, 6) is -0.0595. The fraction of sp³-hybridized carbons (Fsp3) is 0.200. The molecule has 0 aliphatic carbocycles. The maximum absolute atomic E-state index is 12.4. The van der Waals surface area contributed by atoms with Crippen LogP contribution in [0.1, 0.15) is 32.2 Å². The van der Waals surface area contributed by atoms with E-state index < -0.39 is 0 Å². The van der Waals surface area contributed by atoms with E-state index in [1.807, 2.05) is 55.6 Å². The Morgan fingerprint density at radius 2 is 2.00 bits per heavy atom. The zero-order chi connectivity index (χ0) is 17.6. The van der Waals surface area contributed by atoms with Gasteiger partial charge < -0.3 is 9.40 Å². The van der Waals surface area contributed by atoms with E-state index in [9.17, 15) is 4.79 Å². The highest BCUT2D eigenvalue weighted by Gasteiger charge is 2.16. The number of benzene rings is 1. The number of hydrogen-bond acceptors (Lipinski definition) is 4. The lowest BCUT2D eigenvalue weighted by molar-refractivity contribution is 0.0778. The zero-order valence-corrected chi connectivity index (χ0v) is 15.1. The number of aryl methyl sites for hydroxylation is 1. The molecule has 128 valence electrons. The highest BCUT2D eigenvalue weighted by molar-refractivity contribution is 7.11. The molecule has 0 unspecified atom stereocenters. The van der Waals surface area contributed by atoms with Crippen molar-refractivity contribution in [3.63, 3.8) is 0 Å². The van der Waals surface area contributed by atoms with Crippen LogP contribution in [0.4, 0.5) is 0 Å². The Morgan fingerprint density at radius 3 is 2.72 bits per heavy atom. The lowest BCUT2D eigenvalue weighted by atomic mass is 10.1. The van der Waals surface area contributed by atoms with Crippen LogP contribution in [0.3, 0.4) is 0 Å². The summed E-state index contributed by atoms with van der Waals surface area (Å²) in [6.07, 6.45) is 1.62. The summed E-state index contributed by atoms with van der Waals surface area (Å²) in [5.41, 5.74) is 3.92. The summed E-state index contributed by atoms with van der Waals surface area (Å²) in [6, 6.07) is 16.0. The number of oxime groups is 1. The predicted molar refractivity (Wildman–Crippen MR) is 102 cm³/mol. The highest BCUT2D eigenvalue weighted by Crippen LogP contribution is 2.18. The molecule has 2 heterocycles. The molecule has 0 saturated heterocycles. The molecule has 0 aliphatic rings. The fourth-order valence-corrected chi connectivity index (χ4v) is 3.30. The summed E-state index contributed by atoms with van der Waals surface area (Å²) >= 11 is 1.57. The molecule has 3 aromatic rings. The largest absolute Gasteiger partial charge is 0.387 e.